The van der Waals surface area contributed by atoms with Crippen molar-refractivity contribution in [3.8, 4) is 11.4 Å². The van der Waals surface area contributed by atoms with Crippen LogP contribution < -0.4 is 10.6 Å². The van der Waals surface area contributed by atoms with E-state index in [0.29, 0.717) is 11.3 Å². The molecule has 1 aliphatic heterocycles. The van der Waals surface area contributed by atoms with E-state index in [2.05, 4.69) is 20.6 Å². The highest BCUT2D eigenvalue weighted by molar-refractivity contribution is 7.99. The van der Waals surface area contributed by atoms with Gasteiger partial charge in [-0.3, -0.25) is 19.4 Å². The third-order valence-corrected chi connectivity index (χ3v) is 7.77. The summed E-state index contributed by atoms with van der Waals surface area (Å²) in [5.74, 6) is 1.42. The van der Waals surface area contributed by atoms with Crippen molar-refractivity contribution >= 4 is 29.2 Å². The molecule has 184 valence electrons. The summed E-state index contributed by atoms with van der Waals surface area (Å²) in [7, 11) is 1.90. The van der Waals surface area contributed by atoms with Crippen LogP contribution >= 0.6 is 11.8 Å². The van der Waals surface area contributed by atoms with Gasteiger partial charge in [0.05, 0.1) is 35.0 Å². The van der Waals surface area contributed by atoms with E-state index in [9.17, 15) is 9.90 Å². The molecular weight excluding hydrogens is 472 g/mol. The number of hydrogen-bond acceptors (Lipinski definition) is 7. The van der Waals surface area contributed by atoms with Crippen LogP contribution in [-0.2, 0) is 7.05 Å². The van der Waals surface area contributed by atoms with Crippen molar-refractivity contribution in [3.05, 3.63) is 88.9 Å². The standard InChI is InChI=1S/C27H28N6O2S/c1-16-13-18(27(35)31-21-8-6-12-28-17(21)2)9-10-20(16)25-23-24(22-7-4-5-11-29-22)32-33(3)26(23)30-19(14-34)15-36-25/h4-13,19,25,30,34H,14-15H2,1-3H3,(H,31,35)/t19?,25-/m0/s1. The minimum Gasteiger partial charge on any atom is -0.394 e. The van der Waals surface area contributed by atoms with Gasteiger partial charge in [-0.15, -0.1) is 11.8 Å². The summed E-state index contributed by atoms with van der Waals surface area (Å²) in [4.78, 5) is 21.8. The largest absolute Gasteiger partial charge is 0.394 e. The maximum atomic E-state index is 13.0. The van der Waals surface area contributed by atoms with E-state index in [4.69, 9.17) is 5.10 Å². The summed E-state index contributed by atoms with van der Waals surface area (Å²) in [6.07, 6.45) is 3.47. The lowest BCUT2D eigenvalue weighted by Crippen LogP contribution is -2.26. The second-order valence-corrected chi connectivity index (χ2v) is 9.99. The Morgan fingerprint density at radius 1 is 1.17 bits per heavy atom. The summed E-state index contributed by atoms with van der Waals surface area (Å²) >= 11 is 1.76. The van der Waals surface area contributed by atoms with Crippen molar-refractivity contribution in [3.63, 3.8) is 0 Å². The lowest BCUT2D eigenvalue weighted by Gasteiger charge is -2.19. The molecule has 1 aromatic carbocycles. The second kappa shape index (κ2) is 10.1. The highest BCUT2D eigenvalue weighted by atomic mass is 32.2. The summed E-state index contributed by atoms with van der Waals surface area (Å²) < 4.78 is 1.83. The Hall–Kier alpha value is -3.69. The summed E-state index contributed by atoms with van der Waals surface area (Å²) in [5, 5.41) is 21.1. The third-order valence-electron chi connectivity index (χ3n) is 6.35. The van der Waals surface area contributed by atoms with Crippen LogP contribution in [0.5, 0.6) is 0 Å². The fourth-order valence-electron chi connectivity index (χ4n) is 4.45. The minimum atomic E-state index is -0.174. The van der Waals surface area contributed by atoms with Gasteiger partial charge < -0.3 is 15.7 Å². The van der Waals surface area contributed by atoms with Gasteiger partial charge in [0.25, 0.3) is 5.91 Å². The average molecular weight is 501 g/mol. The van der Waals surface area contributed by atoms with Crippen LogP contribution in [0.25, 0.3) is 11.4 Å². The maximum Gasteiger partial charge on any atom is 0.255 e. The number of carbonyl (C=O) groups is 1. The monoisotopic (exact) mass is 500 g/mol. The smallest absolute Gasteiger partial charge is 0.255 e. The second-order valence-electron chi connectivity index (χ2n) is 8.85. The number of aromatic nitrogens is 4. The Labute approximate surface area is 214 Å². The zero-order valence-corrected chi connectivity index (χ0v) is 21.2. The SMILES string of the molecule is Cc1cc(C(=O)Nc2cccnc2C)ccc1[C@@H]1SCC(CO)Nc2c1c(-c1ccccn1)nn2C. The van der Waals surface area contributed by atoms with Gasteiger partial charge in [-0.1, -0.05) is 12.1 Å². The van der Waals surface area contributed by atoms with Crippen LogP contribution in [0, 0.1) is 13.8 Å². The fraction of sp³-hybridized carbons (Fsp3) is 0.259. The molecular formula is C27H28N6O2S. The Morgan fingerprint density at radius 2 is 2.00 bits per heavy atom. The molecule has 4 heterocycles. The molecule has 0 bridgehead atoms. The van der Waals surface area contributed by atoms with Crippen LogP contribution in [0.15, 0.2) is 60.9 Å². The van der Waals surface area contributed by atoms with Crippen LogP contribution in [0.4, 0.5) is 11.5 Å². The highest BCUT2D eigenvalue weighted by Crippen LogP contribution is 2.47. The number of hydrogen-bond donors (Lipinski definition) is 3. The number of aliphatic hydroxyl groups excluding tert-OH is 1. The van der Waals surface area contributed by atoms with E-state index in [0.717, 1.165) is 45.3 Å². The molecule has 8 nitrogen and oxygen atoms in total. The fourth-order valence-corrected chi connectivity index (χ4v) is 5.90. The molecule has 0 saturated carbocycles. The molecule has 3 N–H and O–H groups in total. The van der Waals surface area contributed by atoms with E-state index >= 15 is 0 Å². The first kappa shape index (κ1) is 24.0. The molecule has 3 aromatic heterocycles. The summed E-state index contributed by atoms with van der Waals surface area (Å²) in [5.41, 5.74) is 6.79. The lowest BCUT2D eigenvalue weighted by molar-refractivity contribution is 0.102. The molecule has 1 amide bonds. The third kappa shape index (κ3) is 4.59. The number of nitrogens with zero attached hydrogens (tertiary/aromatic N) is 4. The van der Waals surface area contributed by atoms with E-state index in [1.807, 2.05) is 68.0 Å². The zero-order chi connectivity index (χ0) is 25.2. The van der Waals surface area contributed by atoms with Crippen molar-refractivity contribution in [1.82, 2.24) is 19.7 Å². The van der Waals surface area contributed by atoms with Crippen molar-refractivity contribution < 1.29 is 9.90 Å². The quantitative estimate of drug-likeness (QED) is 0.374. The van der Waals surface area contributed by atoms with Crippen molar-refractivity contribution in [1.29, 1.82) is 0 Å². The molecule has 0 fully saturated rings. The summed E-state index contributed by atoms with van der Waals surface area (Å²) in [6, 6.07) is 15.2. The number of aryl methyl sites for hydroxylation is 3. The predicted molar refractivity (Wildman–Crippen MR) is 143 cm³/mol. The zero-order valence-electron chi connectivity index (χ0n) is 20.4. The van der Waals surface area contributed by atoms with Crippen LogP contribution in [-0.4, -0.2) is 49.2 Å². The number of pyridine rings is 2. The molecule has 1 unspecified atom stereocenters. The molecule has 0 aliphatic carbocycles. The van der Waals surface area contributed by atoms with Gasteiger partial charge >= 0.3 is 0 Å². The van der Waals surface area contributed by atoms with Gasteiger partial charge in [0.2, 0.25) is 0 Å². The molecule has 2 atom stereocenters. The Bertz CT molecular complexity index is 1400. The molecule has 1 aliphatic rings. The normalized spacial score (nSPS) is 17.1. The van der Waals surface area contributed by atoms with Gasteiger partial charge in [-0.2, -0.15) is 5.10 Å². The van der Waals surface area contributed by atoms with Gasteiger partial charge in [-0.25, -0.2) is 0 Å². The first-order chi connectivity index (χ1) is 17.5. The molecule has 4 aromatic rings. The highest BCUT2D eigenvalue weighted by Gasteiger charge is 2.33. The van der Waals surface area contributed by atoms with Crippen molar-refractivity contribution in [2.24, 2.45) is 7.05 Å². The number of nitrogens with one attached hydrogen (secondary N) is 2. The van der Waals surface area contributed by atoms with Gasteiger partial charge in [-0.05, 0) is 61.4 Å². The van der Waals surface area contributed by atoms with Crippen LogP contribution in [0.2, 0.25) is 0 Å². The van der Waals surface area contributed by atoms with Crippen LogP contribution in [0.3, 0.4) is 0 Å². The molecule has 36 heavy (non-hydrogen) atoms. The number of fused-ring (bicyclic) bond motifs is 1. The number of anilines is 2. The topological polar surface area (TPSA) is 105 Å². The number of aliphatic hydroxyl groups is 1. The van der Waals surface area contributed by atoms with Crippen LogP contribution in [0.1, 0.15) is 38.0 Å². The molecule has 5 rings (SSSR count). The molecule has 0 radical (unpaired) electrons. The van der Waals surface area contributed by atoms with E-state index in [1.54, 1.807) is 30.2 Å². The number of carbonyl (C=O) groups excluding carboxylic acids is 1. The van der Waals surface area contributed by atoms with Gasteiger partial charge in [0, 0.05) is 36.3 Å². The molecule has 9 heteroatoms. The molecule has 0 spiro atoms. The molecule has 0 saturated heterocycles. The van der Waals surface area contributed by atoms with E-state index < -0.39 is 0 Å². The number of rotatable bonds is 5. The Kier molecular flexibility index (Phi) is 6.75. The van der Waals surface area contributed by atoms with Gasteiger partial charge in [0.1, 0.15) is 11.5 Å². The average Bonchev–Trinajstić information content (AvgIpc) is 3.08. The Morgan fingerprint density at radius 3 is 2.72 bits per heavy atom. The van der Waals surface area contributed by atoms with Crippen molar-refractivity contribution in [2.75, 3.05) is 23.0 Å². The predicted octanol–water partition coefficient (Wildman–Crippen LogP) is 4.36. The number of benzene rings is 1. The number of amides is 1. The lowest BCUT2D eigenvalue weighted by atomic mass is 9.96. The summed E-state index contributed by atoms with van der Waals surface area (Å²) in [6.45, 7) is 3.92. The van der Waals surface area contributed by atoms with E-state index in [1.165, 1.54) is 0 Å². The minimum absolute atomic E-state index is 0.0229. The number of thioether (sulfide) groups is 1. The van der Waals surface area contributed by atoms with Crippen molar-refractivity contribution in [2.45, 2.75) is 25.1 Å². The Balaban J connectivity index is 1.54. The first-order valence-electron chi connectivity index (χ1n) is 11.8. The van der Waals surface area contributed by atoms with E-state index in [-0.39, 0.29) is 23.8 Å². The maximum absolute atomic E-state index is 13.0. The first-order valence-corrected chi connectivity index (χ1v) is 12.8. The van der Waals surface area contributed by atoms with Gasteiger partial charge in [0.15, 0.2) is 0 Å².